The first-order valence-electron chi connectivity index (χ1n) is 6.07. The average molecular weight is 356 g/mol. The van der Waals surface area contributed by atoms with E-state index in [2.05, 4.69) is 21.2 Å². The van der Waals surface area contributed by atoms with Gasteiger partial charge < -0.3 is 10.1 Å². The molecule has 0 saturated heterocycles. The second-order valence-electron chi connectivity index (χ2n) is 4.06. The molecule has 23 heavy (non-hydrogen) atoms. The van der Waals surface area contributed by atoms with Crippen LogP contribution in [-0.4, -0.2) is 30.2 Å². The number of hydrogen-bond donors (Lipinski definition) is 3. The van der Waals surface area contributed by atoms with Crippen molar-refractivity contribution in [3.63, 3.8) is 0 Å². The number of halogens is 4. The first kappa shape index (κ1) is 18.8. The standard InChI is InChI=1S/C11H13ClF3N5O3/c1-23-3-2-16-10(6-20(21)22)19-18-9-5-7(11(13,14)15)4-8(12)17-9/h4-6,16,19H,2-3H2,1H3,(H,17,18)/b10-6-. The minimum absolute atomic E-state index is 0.0950. The molecule has 0 saturated carbocycles. The van der Waals surface area contributed by atoms with Gasteiger partial charge in [-0.3, -0.25) is 21.0 Å². The number of aromatic nitrogens is 1. The Morgan fingerprint density at radius 2 is 2.22 bits per heavy atom. The first-order valence-corrected chi connectivity index (χ1v) is 6.45. The van der Waals surface area contributed by atoms with Crippen LogP contribution in [0, 0.1) is 10.1 Å². The van der Waals surface area contributed by atoms with Crippen molar-refractivity contribution in [2.24, 2.45) is 0 Å². The summed E-state index contributed by atoms with van der Waals surface area (Å²) in [5, 5.41) is 12.7. The Morgan fingerprint density at radius 1 is 1.52 bits per heavy atom. The van der Waals surface area contributed by atoms with E-state index < -0.39 is 16.7 Å². The number of nitro groups is 1. The molecule has 0 unspecified atom stereocenters. The summed E-state index contributed by atoms with van der Waals surface area (Å²) in [5.74, 6) is -0.352. The van der Waals surface area contributed by atoms with E-state index in [1.54, 1.807) is 0 Å². The molecule has 0 aliphatic carbocycles. The summed E-state index contributed by atoms with van der Waals surface area (Å²) in [7, 11) is 1.44. The van der Waals surface area contributed by atoms with E-state index in [9.17, 15) is 23.3 Å². The van der Waals surface area contributed by atoms with Crippen LogP contribution in [0.25, 0.3) is 0 Å². The quantitative estimate of drug-likeness (QED) is 0.284. The number of ether oxygens (including phenoxy) is 1. The number of hydrogen-bond acceptors (Lipinski definition) is 7. The van der Waals surface area contributed by atoms with Crippen LogP contribution >= 0.6 is 11.6 Å². The predicted molar refractivity (Wildman–Crippen MR) is 76.0 cm³/mol. The van der Waals surface area contributed by atoms with Crippen molar-refractivity contribution < 1.29 is 22.8 Å². The van der Waals surface area contributed by atoms with Gasteiger partial charge >= 0.3 is 6.18 Å². The third-order valence-electron chi connectivity index (χ3n) is 2.30. The van der Waals surface area contributed by atoms with Crippen molar-refractivity contribution in [2.75, 3.05) is 25.7 Å². The maximum Gasteiger partial charge on any atom is 0.416 e. The lowest BCUT2D eigenvalue weighted by Crippen LogP contribution is -2.33. The van der Waals surface area contributed by atoms with Crippen molar-refractivity contribution in [1.29, 1.82) is 0 Å². The van der Waals surface area contributed by atoms with E-state index >= 15 is 0 Å². The third-order valence-corrected chi connectivity index (χ3v) is 2.50. The molecule has 1 aromatic heterocycles. The van der Waals surface area contributed by atoms with E-state index in [-0.39, 0.29) is 29.9 Å². The van der Waals surface area contributed by atoms with Crippen molar-refractivity contribution in [1.82, 2.24) is 15.7 Å². The lowest BCUT2D eigenvalue weighted by atomic mass is 10.2. The number of nitrogens with zero attached hydrogens (tertiary/aromatic N) is 2. The van der Waals surface area contributed by atoms with E-state index in [4.69, 9.17) is 16.3 Å². The molecule has 128 valence electrons. The van der Waals surface area contributed by atoms with Gasteiger partial charge in [-0.05, 0) is 12.1 Å². The molecule has 0 amide bonds. The minimum Gasteiger partial charge on any atom is -0.383 e. The summed E-state index contributed by atoms with van der Waals surface area (Å²) in [4.78, 5) is 13.4. The Bertz CT molecular complexity index is 583. The number of alkyl halides is 3. The average Bonchev–Trinajstić information content (AvgIpc) is 2.43. The summed E-state index contributed by atoms with van der Waals surface area (Å²) in [6, 6.07) is 1.37. The molecular formula is C11H13ClF3N5O3. The van der Waals surface area contributed by atoms with Gasteiger partial charge in [-0.2, -0.15) is 13.2 Å². The Balaban J connectivity index is 2.81. The molecule has 0 aliphatic rings. The van der Waals surface area contributed by atoms with Gasteiger partial charge in [0.05, 0.1) is 17.1 Å². The fourth-order valence-corrected chi connectivity index (χ4v) is 1.58. The molecule has 12 heteroatoms. The number of anilines is 1. The fourth-order valence-electron chi connectivity index (χ4n) is 1.37. The fraction of sp³-hybridized carbons (Fsp3) is 0.364. The van der Waals surface area contributed by atoms with Gasteiger partial charge in [0, 0.05) is 13.7 Å². The topological polar surface area (TPSA) is 101 Å². The van der Waals surface area contributed by atoms with Gasteiger partial charge in [0.25, 0.3) is 6.20 Å². The van der Waals surface area contributed by atoms with Gasteiger partial charge in [-0.1, -0.05) is 11.6 Å². The number of nitrogens with one attached hydrogen (secondary N) is 3. The zero-order chi connectivity index (χ0) is 17.5. The monoisotopic (exact) mass is 355 g/mol. The normalized spacial score (nSPS) is 12.0. The van der Waals surface area contributed by atoms with Crippen LogP contribution in [0.3, 0.4) is 0 Å². The Labute approximate surface area is 133 Å². The second kappa shape index (κ2) is 8.39. The largest absolute Gasteiger partial charge is 0.416 e. The Morgan fingerprint density at radius 3 is 2.78 bits per heavy atom. The third kappa shape index (κ3) is 7.02. The highest BCUT2D eigenvalue weighted by molar-refractivity contribution is 6.29. The molecule has 0 aliphatic heterocycles. The summed E-state index contributed by atoms with van der Waals surface area (Å²) in [5.41, 5.74) is 3.65. The number of hydrazine groups is 1. The molecule has 0 aromatic carbocycles. The maximum atomic E-state index is 12.7. The van der Waals surface area contributed by atoms with E-state index in [1.807, 2.05) is 0 Å². The highest BCUT2D eigenvalue weighted by Crippen LogP contribution is 2.31. The number of rotatable bonds is 8. The van der Waals surface area contributed by atoms with E-state index in [1.165, 1.54) is 7.11 Å². The molecule has 3 N–H and O–H groups in total. The van der Waals surface area contributed by atoms with Gasteiger partial charge in [-0.25, -0.2) is 4.98 Å². The van der Waals surface area contributed by atoms with Gasteiger partial charge in [0.1, 0.15) is 11.0 Å². The predicted octanol–water partition coefficient (Wildman–Crippen LogP) is 1.98. The van der Waals surface area contributed by atoms with E-state index in [0.29, 0.717) is 18.3 Å². The van der Waals surface area contributed by atoms with Crippen LogP contribution in [0.4, 0.5) is 19.0 Å². The van der Waals surface area contributed by atoms with Crippen molar-refractivity contribution in [3.8, 4) is 0 Å². The molecule has 0 atom stereocenters. The second-order valence-corrected chi connectivity index (χ2v) is 4.45. The highest BCUT2D eigenvalue weighted by atomic mass is 35.5. The molecular weight excluding hydrogens is 343 g/mol. The molecule has 0 spiro atoms. The molecule has 0 radical (unpaired) electrons. The smallest absolute Gasteiger partial charge is 0.383 e. The molecule has 1 rings (SSSR count). The summed E-state index contributed by atoms with van der Waals surface area (Å²) in [6.07, 6.45) is -4.00. The molecule has 1 aromatic rings. The lowest BCUT2D eigenvalue weighted by molar-refractivity contribution is -0.404. The van der Waals surface area contributed by atoms with Crippen LogP contribution in [-0.2, 0) is 10.9 Å². The van der Waals surface area contributed by atoms with Crippen molar-refractivity contribution in [3.05, 3.63) is 45.0 Å². The summed E-state index contributed by atoms with van der Waals surface area (Å²) < 4.78 is 42.8. The molecule has 0 bridgehead atoms. The minimum atomic E-state index is -4.60. The molecule has 8 nitrogen and oxygen atoms in total. The summed E-state index contributed by atoms with van der Waals surface area (Å²) >= 11 is 5.52. The maximum absolute atomic E-state index is 12.7. The number of methoxy groups -OCH3 is 1. The van der Waals surface area contributed by atoms with Crippen LogP contribution < -0.4 is 16.2 Å². The first-order chi connectivity index (χ1) is 10.7. The SMILES string of the molecule is COCCN/C(=C/[N+](=O)[O-])NNc1cc(C(F)(F)F)cc(Cl)n1. The Kier molecular flexibility index (Phi) is 6.85. The van der Waals surface area contributed by atoms with Gasteiger partial charge in [-0.15, -0.1) is 0 Å². The van der Waals surface area contributed by atoms with Gasteiger partial charge in [0.15, 0.2) is 5.82 Å². The lowest BCUT2D eigenvalue weighted by Gasteiger charge is -2.14. The Hall–Kier alpha value is -2.27. The summed E-state index contributed by atoms with van der Waals surface area (Å²) in [6.45, 7) is 0.506. The zero-order valence-corrected chi connectivity index (χ0v) is 12.5. The molecule has 1 heterocycles. The zero-order valence-electron chi connectivity index (χ0n) is 11.8. The van der Waals surface area contributed by atoms with Crippen LogP contribution in [0.15, 0.2) is 24.2 Å². The number of pyridine rings is 1. The van der Waals surface area contributed by atoms with Gasteiger partial charge in [0.2, 0.25) is 0 Å². The van der Waals surface area contributed by atoms with Crippen LogP contribution in [0.5, 0.6) is 0 Å². The molecule has 0 fully saturated rings. The van der Waals surface area contributed by atoms with Crippen molar-refractivity contribution in [2.45, 2.75) is 6.18 Å². The van der Waals surface area contributed by atoms with Crippen LogP contribution in [0.1, 0.15) is 5.56 Å². The van der Waals surface area contributed by atoms with E-state index in [0.717, 1.165) is 0 Å². The van der Waals surface area contributed by atoms with Crippen molar-refractivity contribution >= 4 is 17.4 Å². The van der Waals surface area contributed by atoms with Crippen LogP contribution in [0.2, 0.25) is 5.15 Å². The highest BCUT2D eigenvalue weighted by Gasteiger charge is 2.31.